The summed E-state index contributed by atoms with van der Waals surface area (Å²) in [6, 6.07) is 5.86. The summed E-state index contributed by atoms with van der Waals surface area (Å²) in [5, 5.41) is 4.96. The van der Waals surface area contributed by atoms with Gasteiger partial charge in [-0.1, -0.05) is 6.07 Å². The van der Waals surface area contributed by atoms with Crippen molar-refractivity contribution in [1.82, 2.24) is 4.98 Å². The van der Waals surface area contributed by atoms with Crippen molar-refractivity contribution in [2.75, 3.05) is 18.5 Å². The molecule has 0 aliphatic heterocycles. The maximum Gasteiger partial charge on any atom is 0.311 e. The second-order valence-electron chi connectivity index (χ2n) is 5.56. The first kappa shape index (κ1) is 20.4. The minimum absolute atomic E-state index is 0.111. The van der Waals surface area contributed by atoms with E-state index < -0.39 is 0 Å². The Hall–Kier alpha value is -1.93. The van der Waals surface area contributed by atoms with E-state index in [1.54, 1.807) is 12.3 Å². The van der Waals surface area contributed by atoms with Gasteiger partial charge in [-0.05, 0) is 53.9 Å². The number of halogens is 1. The number of hydrogen-bond acceptors (Lipinski definition) is 6. The van der Waals surface area contributed by atoms with E-state index in [4.69, 9.17) is 9.47 Å². The van der Waals surface area contributed by atoms with Crippen LogP contribution in [0.15, 0.2) is 28.1 Å². The third-order valence-corrected chi connectivity index (χ3v) is 4.75. The SMILES string of the molecule is CCOC(=O)Cc1csc(NC(=O)CCCOc2ccc(C)cc2Br)n1. The fourth-order valence-electron chi connectivity index (χ4n) is 2.13. The van der Waals surface area contributed by atoms with Crippen molar-refractivity contribution < 1.29 is 19.1 Å². The molecule has 26 heavy (non-hydrogen) atoms. The Morgan fingerprint density at radius 3 is 2.88 bits per heavy atom. The molecule has 0 atom stereocenters. The number of carbonyl (C=O) groups is 2. The Labute approximate surface area is 165 Å². The summed E-state index contributed by atoms with van der Waals surface area (Å²) < 4.78 is 11.4. The Balaban J connectivity index is 1.70. The minimum atomic E-state index is -0.324. The van der Waals surface area contributed by atoms with Crippen molar-refractivity contribution >= 4 is 44.3 Å². The number of benzene rings is 1. The molecule has 1 aromatic heterocycles. The molecule has 0 saturated carbocycles. The Kier molecular flexibility index (Phi) is 8.06. The van der Waals surface area contributed by atoms with E-state index in [0.717, 1.165) is 15.8 Å². The van der Waals surface area contributed by atoms with Crippen LogP contribution >= 0.6 is 27.3 Å². The largest absolute Gasteiger partial charge is 0.492 e. The summed E-state index contributed by atoms with van der Waals surface area (Å²) in [5.74, 6) is 0.309. The molecule has 1 N–H and O–H groups in total. The number of hydrogen-bond donors (Lipinski definition) is 1. The molecule has 1 aromatic carbocycles. The van der Waals surface area contributed by atoms with Crippen molar-refractivity contribution in [2.45, 2.75) is 33.1 Å². The summed E-state index contributed by atoms with van der Waals surface area (Å²) in [7, 11) is 0. The smallest absolute Gasteiger partial charge is 0.311 e. The van der Waals surface area contributed by atoms with Gasteiger partial charge in [0.25, 0.3) is 0 Å². The third kappa shape index (κ3) is 6.76. The molecule has 0 spiro atoms. The summed E-state index contributed by atoms with van der Waals surface area (Å²) in [6.45, 7) is 4.55. The zero-order valence-electron chi connectivity index (χ0n) is 14.7. The molecule has 0 unspecified atom stereocenters. The Morgan fingerprint density at radius 2 is 2.15 bits per heavy atom. The Morgan fingerprint density at radius 1 is 1.35 bits per heavy atom. The molecule has 1 amide bonds. The number of amides is 1. The van der Waals surface area contributed by atoms with Crippen molar-refractivity contribution in [3.05, 3.63) is 39.3 Å². The lowest BCUT2D eigenvalue weighted by atomic mass is 10.2. The fraction of sp³-hybridized carbons (Fsp3) is 0.389. The molecule has 0 saturated heterocycles. The van der Waals surface area contributed by atoms with E-state index in [-0.39, 0.29) is 18.3 Å². The van der Waals surface area contributed by atoms with Crippen molar-refractivity contribution in [3.63, 3.8) is 0 Å². The van der Waals surface area contributed by atoms with E-state index >= 15 is 0 Å². The molecular formula is C18H21BrN2O4S. The van der Waals surface area contributed by atoms with Crippen LogP contribution in [0.25, 0.3) is 0 Å². The van der Waals surface area contributed by atoms with Gasteiger partial charge in [0.15, 0.2) is 5.13 Å². The molecule has 0 aliphatic carbocycles. The second kappa shape index (κ2) is 10.3. The van der Waals surface area contributed by atoms with Gasteiger partial charge < -0.3 is 14.8 Å². The summed E-state index contributed by atoms with van der Waals surface area (Å²) >= 11 is 4.75. The van der Waals surface area contributed by atoms with Gasteiger partial charge in [0.1, 0.15) is 5.75 Å². The lowest BCUT2D eigenvalue weighted by Crippen LogP contribution is -2.13. The number of esters is 1. The van der Waals surface area contributed by atoms with Gasteiger partial charge in [-0.2, -0.15) is 0 Å². The first-order valence-corrected chi connectivity index (χ1v) is 9.94. The number of nitrogens with zero attached hydrogens (tertiary/aromatic N) is 1. The summed E-state index contributed by atoms with van der Waals surface area (Å²) in [4.78, 5) is 27.6. The highest BCUT2D eigenvalue weighted by Gasteiger charge is 2.10. The number of aromatic nitrogens is 1. The van der Waals surface area contributed by atoms with Gasteiger partial charge >= 0.3 is 5.97 Å². The highest BCUT2D eigenvalue weighted by molar-refractivity contribution is 9.10. The first-order valence-electron chi connectivity index (χ1n) is 8.26. The predicted molar refractivity (Wildman–Crippen MR) is 105 cm³/mol. The van der Waals surface area contributed by atoms with Gasteiger partial charge in [0, 0.05) is 11.8 Å². The van der Waals surface area contributed by atoms with E-state index in [1.807, 2.05) is 25.1 Å². The summed E-state index contributed by atoms with van der Waals surface area (Å²) in [6.07, 6.45) is 1.03. The summed E-state index contributed by atoms with van der Waals surface area (Å²) in [5.41, 5.74) is 1.74. The molecule has 2 aromatic rings. The molecule has 6 nitrogen and oxygen atoms in total. The van der Waals surface area contributed by atoms with Gasteiger partial charge in [-0.15, -0.1) is 11.3 Å². The molecule has 0 bridgehead atoms. The van der Waals surface area contributed by atoms with Crippen LogP contribution in [0.4, 0.5) is 5.13 Å². The van der Waals surface area contributed by atoms with Crippen LogP contribution in [0, 0.1) is 6.92 Å². The van der Waals surface area contributed by atoms with Gasteiger partial charge in [0.2, 0.25) is 5.91 Å². The molecule has 1 heterocycles. The number of aryl methyl sites for hydroxylation is 1. The monoisotopic (exact) mass is 440 g/mol. The quantitative estimate of drug-likeness (QED) is 0.468. The van der Waals surface area contributed by atoms with Gasteiger partial charge in [-0.25, -0.2) is 4.98 Å². The van der Waals surface area contributed by atoms with E-state index in [0.29, 0.717) is 36.9 Å². The van der Waals surface area contributed by atoms with Crippen LogP contribution < -0.4 is 10.1 Å². The average molecular weight is 441 g/mol. The molecule has 140 valence electrons. The number of nitrogens with one attached hydrogen (secondary N) is 1. The molecule has 0 aliphatic rings. The molecule has 0 radical (unpaired) electrons. The maximum absolute atomic E-state index is 12.0. The number of rotatable bonds is 9. The highest BCUT2D eigenvalue weighted by Crippen LogP contribution is 2.25. The topological polar surface area (TPSA) is 77.5 Å². The van der Waals surface area contributed by atoms with Gasteiger partial charge in [-0.3, -0.25) is 9.59 Å². The van der Waals surface area contributed by atoms with Crippen LogP contribution in [0.5, 0.6) is 5.75 Å². The predicted octanol–water partition coefficient (Wildman–Crippen LogP) is 4.12. The van der Waals surface area contributed by atoms with Crippen molar-refractivity contribution in [1.29, 1.82) is 0 Å². The van der Waals surface area contributed by atoms with Crippen LogP contribution in [0.2, 0.25) is 0 Å². The molecule has 2 rings (SSSR count). The van der Waals surface area contributed by atoms with Crippen LogP contribution in [-0.2, 0) is 20.7 Å². The lowest BCUT2D eigenvalue weighted by molar-refractivity contribution is -0.142. The number of anilines is 1. The van der Waals surface area contributed by atoms with Gasteiger partial charge in [0.05, 0.1) is 29.8 Å². The lowest BCUT2D eigenvalue weighted by Gasteiger charge is -2.08. The molecule has 0 fully saturated rings. The zero-order chi connectivity index (χ0) is 18.9. The van der Waals surface area contributed by atoms with Crippen LogP contribution in [0.3, 0.4) is 0 Å². The van der Waals surface area contributed by atoms with E-state index in [2.05, 4.69) is 26.2 Å². The molecular weight excluding hydrogens is 420 g/mol. The minimum Gasteiger partial charge on any atom is -0.492 e. The van der Waals surface area contributed by atoms with E-state index in [1.165, 1.54) is 11.3 Å². The number of thiazole rings is 1. The first-order chi connectivity index (χ1) is 12.5. The maximum atomic E-state index is 12.0. The zero-order valence-corrected chi connectivity index (χ0v) is 17.1. The van der Waals surface area contributed by atoms with Crippen molar-refractivity contribution in [3.8, 4) is 5.75 Å². The van der Waals surface area contributed by atoms with E-state index in [9.17, 15) is 9.59 Å². The molecule has 8 heteroatoms. The second-order valence-corrected chi connectivity index (χ2v) is 7.27. The number of carbonyl (C=O) groups excluding carboxylic acids is 2. The Bertz CT molecular complexity index is 763. The van der Waals surface area contributed by atoms with Crippen LogP contribution in [0.1, 0.15) is 31.0 Å². The third-order valence-electron chi connectivity index (χ3n) is 3.32. The highest BCUT2D eigenvalue weighted by atomic mass is 79.9. The normalized spacial score (nSPS) is 10.4. The van der Waals surface area contributed by atoms with Crippen molar-refractivity contribution in [2.24, 2.45) is 0 Å². The average Bonchev–Trinajstić information content (AvgIpc) is 3.00. The van der Waals surface area contributed by atoms with Crippen LogP contribution in [-0.4, -0.2) is 30.1 Å². The fourth-order valence-corrected chi connectivity index (χ4v) is 3.46. The number of ether oxygens (including phenoxy) is 2. The standard InChI is InChI=1S/C18H21BrN2O4S/c1-3-24-17(23)10-13-11-26-18(20-13)21-16(22)5-4-8-25-15-7-6-12(2)9-14(15)19/h6-7,9,11H,3-5,8,10H2,1-2H3,(H,20,21,22).